The highest BCUT2D eigenvalue weighted by Crippen LogP contribution is 2.20. The molecule has 0 unspecified atom stereocenters. The summed E-state index contributed by atoms with van der Waals surface area (Å²) in [6.07, 6.45) is 3.76. The Morgan fingerprint density at radius 2 is 2.17 bits per heavy atom. The molecule has 3 heterocycles. The van der Waals surface area contributed by atoms with Crippen LogP contribution in [0.4, 0.5) is 5.82 Å². The van der Waals surface area contributed by atoms with Gasteiger partial charge in [-0.05, 0) is 18.6 Å². The predicted octanol–water partition coefficient (Wildman–Crippen LogP) is 0.857. The Morgan fingerprint density at radius 3 is 2.83 bits per heavy atom. The average Bonchev–Trinajstić information content (AvgIpc) is 3.03. The Bertz CT molecular complexity index is 596. The SMILES string of the molecule is CCC1=NO[C@@H](CN2CCN(c3ncccc3C(N)=O)CC2)C1. The molecule has 124 valence electrons. The van der Waals surface area contributed by atoms with Crippen LogP contribution in [-0.2, 0) is 4.84 Å². The molecule has 1 fully saturated rings. The van der Waals surface area contributed by atoms with Crippen molar-refractivity contribution in [1.82, 2.24) is 9.88 Å². The van der Waals surface area contributed by atoms with Crippen LogP contribution in [0.5, 0.6) is 0 Å². The topological polar surface area (TPSA) is 84.1 Å². The fraction of sp³-hybridized carbons (Fsp3) is 0.562. The van der Waals surface area contributed by atoms with E-state index in [9.17, 15) is 4.79 Å². The normalized spacial score (nSPS) is 21.9. The zero-order valence-corrected chi connectivity index (χ0v) is 13.4. The molecule has 2 aliphatic heterocycles. The Kier molecular flexibility index (Phi) is 4.76. The first-order chi connectivity index (χ1) is 11.2. The van der Waals surface area contributed by atoms with Crippen LogP contribution in [-0.4, -0.2) is 60.3 Å². The van der Waals surface area contributed by atoms with E-state index < -0.39 is 5.91 Å². The standard InChI is InChI=1S/C16H23N5O2/c1-2-12-10-13(23-19-12)11-20-6-8-21(9-7-20)16-14(15(17)22)4-3-5-18-16/h3-5,13H,2,6-11H2,1H3,(H2,17,22)/t13-/m1/s1. The molecule has 1 aromatic heterocycles. The van der Waals surface area contributed by atoms with Crippen LogP contribution in [0, 0.1) is 0 Å². The summed E-state index contributed by atoms with van der Waals surface area (Å²) in [7, 11) is 0. The molecule has 7 nitrogen and oxygen atoms in total. The zero-order valence-electron chi connectivity index (χ0n) is 13.4. The number of primary amides is 1. The Hall–Kier alpha value is -2.15. The maximum atomic E-state index is 11.5. The van der Waals surface area contributed by atoms with E-state index in [0.29, 0.717) is 11.4 Å². The van der Waals surface area contributed by atoms with E-state index in [2.05, 4.69) is 26.9 Å². The monoisotopic (exact) mass is 317 g/mol. The van der Waals surface area contributed by atoms with Gasteiger partial charge in [0.05, 0.1) is 11.3 Å². The average molecular weight is 317 g/mol. The number of rotatable bonds is 5. The van der Waals surface area contributed by atoms with Crippen molar-refractivity contribution in [3.63, 3.8) is 0 Å². The van der Waals surface area contributed by atoms with E-state index in [1.165, 1.54) is 0 Å². The minimum absolute atomic E-state index is 0.174. The van der Waals surface area contributed by atoms with Gasteiger partial charge in [-0.1, -0.05) is 12.1 Å². The van der Waals surface area contributed by atoms with Gasteiger partial charge in [-0.15, -0.1) is 0 Å². The molecule has 0 radical (unpaired) electrons. The molecule has 0 bridgehead atoms. The van der Waals surface area contributed by atoms with Crippen LogP contribution in [0.1, 0.15) is 30.1 Å². The lowest BCUT2D eigenvalue weighted by atomic mass is 10.1. The van der Waals surface area contributed by atoms with Crippen molar-refractivity contribution in [2.45, 2.75) is 25.9 Å². The van der Waals surface area contributed by atoms with Gasteiger partial charge < -0.3 is 15.5 Å². The Morgan fingerprint density at radius 1 is 1.39 bits per heavy atom. The predicted molar refractivity (Wildman–Crippen MR) is 88.6 cm³/mol. The quantitative estimate of drug-likeness (QED) is 0.870. The van der Waals surface area contributed by atoms with Crippen molar-refractivity contribution < 1.29 is 9.63 Å². The molecule has 1 atom stereocenters. The van der Waals surface area contributed by atoms with Gasteiger partial charge in [0.25, 0.3) is 5.91 Å². The number of amides is 1. The van der Waals surface area contributed by atoms with Crippen LogP contribution >= 0.6 is 0 Å². The minimum atomic E-state index is -0.431. The summed E-state index contributed by atoms with van der Waals surface area (Å²) in [6, 6.07) is 3.47. The summed E-state index contributed by atoms with van der Waals surface area (Å²) in [5.41, 5.74) is 7.07. The molecule has 0 aliphatic carbocycles. The molecule has 1 saturated heterocycles. The molecule has 0 saturated carbocycles. The number of nitrogens with zero attached hydrogens (tertiary/aromatic N) is 4. The summed E-state index contributed by atoms with van der Waals surface area (Å²) in [5, 5.41) is 4.11. The lowest BCUT2D eigenvalue weighted by molar-refractivity contribution is 0.0510. The zero-order chi connectivity index (χ0) is 16.2. The number of anilines is 1. The molecule has 1 aromatic rings. The molecule has 0 spiro atoms. The molecule has 0 aromatic carbocycles. The molecule has 2 N–H and O–H groups in total. The molecular weight excluding hydrogens is 294 g/mol. The Labute approximate surface area is 136 Å². The highest BCUT2D eigenvalue weighted by molar-refractivity contribution is 5.97. The highest BCUT2D eigenvalue weighted by atomic mass is 16.6. The van der Waals surface area contributed by atoms with Gasteiger partial charge in [0.2, 0.25) is 0 Å². The lowest BCUT2D eigenvalue weighted by Gasteiger charge is -2.36. The van der Waals surface area contributed by atoms with Gasteiger partial charge in [0.15, 0.2) is 0 Å². The second-order valence-electron chi connectivity index (χ2n) is 5.97. The Balaban J connectivity index is 1.54. The van der Waals surface area contributed by atoms with Gasteiger partial charge in [-0.3, -0.25) is 9.69 Å². The van der Waals surface area contributed by atoms with Crippen LogP contribution in [0.15, 0.2) is 23.5 Å². The van der Waals surface area contributed by atoms with E-state index in [1.807, 2.05) is 0 Å². The first-order valence-corrected chi connectivity index (χ1v) is 8.11. The first-order valence-electron chi connectivity index (χ1n) is 8.11. The molecule has 1 amide bonds. The van der Waals surface area contributed by atoms with Crippen molar-refractivity contribution in [3.05, 3.63) is 23.9 Å². The van der Waals surface area contributed by atoms with Gasteiger partial charge in [0.1, 0.15) is 11.9 Å². The lowest BCUT2D eigenvalue weighted by Crippen LogP contribution is -2.49. The summed E-state index contributed by atoms with van der Waals surface area (Å²) in [5.74, 6) is 0.257. The number of carbonyl (C=O) groups excluding carboxylic acids is 1. The van der Waals surface area contributed by atoms with E-state index in [4.69, 9.17) is 10.6 Å². The van der Waals surface area contributed by atoms with Crippen molar-refractivity contribution in [2.75, 3.05) is 37.6 Å². The molecule has 7 heteroatoms. The van der Waals surface area contributed by atoms with Crippen LogP contribution in [0.25, 0.3) is 0 Å². The van der Waals surface area contributed by atoms with Gasteiger partial charge >= 0.3 is 0 Å². The number of carbonyl (C=O) groups is 1. The molecular formula is C16H23N5O2. The van der Waals surface area contributed by atoms with E-state index in [-0.39, 0.29) is 6.10 Å². The second-order valence-corrected chi connectivity index (χ2v) is 5.97. The highest BCUT2D eigenvalue weighted by Gasteiger charge is 2.26. The van der Waals surface area contributed by atoms with Crippen LogP contribution < -0.4 is 10.6 Å². The summed E-state index contributed by atoms with van der Waals surface area (Å²) >= 11 is 0. The third-order valence-corrected chi connectivity index (χ3v) is 4.39. The fourth-order valence-electron chi connectivity index (χ4n) is 3.06. The van der Waals surface area contributed by atoms with E-state index >= 15 is 0 Å². The van der Waals surface area contributed by atoms with E-state index in [0.717, 1.165) is 51.3 Å². The molecule has 23 heavy (non-hydrogen) atoms. The van der Waals surface area contributed by atoms with Crippen LogP contribution in [0.3, 0.4) is 0 Å². The summed E-state index contributed by atoms with van der Waals surface area (Å²) < 4.78 is 0. The maximum absolute atomic E-state index is 11.5. The van der Waals surface area contributed by atoms with Crippen molar-refractivity contribution in [3.8, 4) is 0 Å². The number of hydrogen-bond donors (Lipinski definition) is 1. The number of piperazine rings is 1. The largest absolute Gasteiger partial charge is 0.391 e. The van der Waals surface area contributed by atoms with Gasteiger partial charge in [-0.2, -0.15) is 0 Å². The van der Waals surface area contributed by atoms with Gasteiger partial charge in [0, 0.05) is 45.3 Å². The molecule has 2 aliphatic rings. The number of pyridine rings is 1. The first kappa shape index (κ1) is 15.7. The number of aromatic nitrogens is 1. The fourth-order valence-corrected chi connectivity index (χ4v) is 3.06. The molecule has 3 rings (SSSR count). The third-order valence-electron chi connectivity index (χ3n) is 4.39. The smallest absolute Gasteiger partial charge is 0.252 e. The summed E-state index contributed by atoms with van der Waals surface area (Å²) in [4.78, 5) is 25.9. The second kappa shape index (κ2) is 6.95. The number of nitrogens with two attached hydrogens (primary N) is 1. The maximum Gasteiger partial charge on any atom is 0.252 e. The van der Waals surface area contributed by atoms with E-state index in [1.54, 1.807) is 18.3 Å². The number of hydrogen-bond acceptors (Lipinski definition) is 6. The third kappa shape index (κ3) is 3.61. The van der Waals surface area contributed by atoms with Crippen molar-refractivity contribution >= 4 is 17.4 Å². The number of oxime groups is 1. The van der Waals surface area contributed by atoms with Crippen molar-refractivity contribution in [1.29, 1.82) is 0 Å². The minimum Gasteiger partial charge on any atom is -0.391 e. The van der Waals surface area contributed by atoms with Crippen LogP contribution in [0.2, 0.25) is 0 Å². The van der Waals surface area contributed by atoms with Crippen molar-refractivity contribution in [2.24, 2.45) is 10.9 Å². The van der Waals surface area contributed by atoms with Gasteiger partial charge in [-0.25, -0.2) is 4.98 Å². The summed E-state index contributed by atoms with van der Waals surface area (Å²) in [6.45, 7) is 6.47.